The summed E-state index contributed by atoms with van der Waals surface area (Å²) in [4.78, 5) is 0. The Morgan fingerprint density at radius 3 is 2.65 bits per heavy atom. The largest absolute Gasteiger partial charge is 0.459 e. The molecule has 0 fully saturated rings. The van der Waals surface area contributed by atoms with Gasteiger partial charge in [0.1, 0.15) is 11.3 Å². The molecule has 3 rings (SSSR count). The van der Waals surface area contributed by atoms with Gasteiger partial charge in [-0.2, -0.15) is 0 Å². The summed E-state index contributed by atoms with van der Waals surface area (Å²) in [5.74, 6) is 0.943. The third-order valence-corrected chi connectivity index (χ3v) is 3.80. The number of para-hydroxylation sites is 1. The Labute approximate surface area is 123 Å². The van der Waals surface area contributed by atoms with Crippen LogP contribution in [0.25, 0.3) is 11.0 Å². The van der Waals surface area contributed by atoms with Crippen LogP contribution in [0.1, 0.15) is 24.3 Å². The van der Waals surface area contributed by atoms with E-state index in [9.17, 15) is 0 Å². The van der Waals surface area contributed by atoms with Crippen molar-refractivity contribution in [3.8, 4) is 0 Å². The molecular formula is C17H16ClNO. The molecule has 102 valence electrons. The van der Waals surface area contributed by atoms with Crippen LogP contribution in [0.15, 0.2) is 59.0 Å². The Morgan fingerprint density at radius 1 is 1.10 bits per heavy atom. The highest BCUT2D eigenvalue weighted by Crippen LogP contribution is 2.24. The van der Waals surface area contributed by atoms with Crippen molar-refractivity contribution in [3.05, 3.63) is 70.9 Å². The molecule has 0 aliphatic carbocycles. The smallest absolute Gasteiger partial charge is 0.134 e. The number of hydrogen-bond donors (Lipinski definition) is 1. The molecule has 0 radical (unpaired) electrons. The summed E-state index contributed by atoms with van der Waals surface area (Å²) in [7, 11) is 0. The normalized spacial score (nSPS) is 12.7. The molecule has 0 bridgehead atoms. The number of furan rings is 1. The molecule has 0 aliphatic heterocycles. The van der Waals surface area contributed by atoms with Gasteiger partial charge in [-0.3, -0.25) is 0 Å². The molecule has 0 saturated carbocycles. The first kappa shape index (κ1) is 13.2. The summed E-state index contributed by atoms with van der Waals surface area (Å²) in [6, 6.07) is 18.1. The van der Waals surface area contributed by atoms with Crippen molar-refractivity contribution in [2.75, 3.05) is 0 Å². The van der Waals surface area contributed by atoms with Crippen LogP contribution in [-0.4, -0.2) is 0 Å². The molecule has 20 heavy (non-hydrogen) atoms. The van der Waals surface area contributed by atoms with Crippen LogP contribution in [0, 0.1) is 0 Å². The number of nitrogens with one attached hydrogen (secondary N) is 1. The van der Waals surface area contributed by atoms with Gasteiger partial charge in [0.15, 0.2) is 0 Å². The van der Waals surface area contributed by atoms with Crippen molar-refractivity contribution in [2.45, 2.75) is 19.5 Å². The van der Waals surface area contributed by atoms with Gasteiger partial charge < -0.3 is 9.73 Å². The van der Waals surface area contributed by atoms with E-state index in [2.05, 4.69) is 24.4 Å². The third kappa shape index (κ3) is 2.72. The molecule has 2 nitrogen and oxygen atoms in total. The Balaban J connectivity index is 1.73. The molecule has 1 atom stereocenters. The van der Waals surface area contributed by atoms with Crippen LogP contribution >= 0.6 is 11.6 Å². The molecule has 0 saturated heterocycles. The predicted octanol–water partition coefficient (Wildman–Crippen LogP) is 4.94. The minimum Gasteiger partial charge on any atom is -0.459 e. The highest BCUT2D eigenvalue weighted by molar-refractivity contribution is 6.31. The number of fused-ring (bicyclic) bond motifs is 1. The van der Waals surface area contributed by atoms with Crippen molar-refractivity contribution in [3.63, 3.8) is 0 Å². The zero-order valence-electron chi connectivity index (χ0n) is 11.3. The number of benzene rings is 2. The van der Waals surface area contributed by atoms with E-state index in [0.717, 1.165) is 33.9 Å². The summed E-state index contributed by atoms with van der Waals surface area (Å²) in [5, 5.41) is 5.36. The van der Waals surface area contributed by atoms with Crippen LogP contribution in [0.5, 0.6) is 0 Å². The first-order valence-corrected chi connectivity index (χ1v) is 7.07. The lowest BCUT2D eigenvalue weighted by Gasteiger charge is -2.12. The van der Waals surface area contributed by atoms with Crippen molar-refractivity contribution in [1.82, 2.24) is 5.32 Å². The maximum atomic E-state index is 6.15. The fraction of sp³-hybridized carbons (Fsp3) is 0.176. The first-order valence-electron chi connectivity index (χ1n) is 6.69. The van der Waals surface area contributed by atoms with E-state index in [4.69, 9.17) is 16.0 Å². The quantitative estimate of drug-likeness (QED) is 0.735. The van der Waals surface area contributed by atoms with E-state index in [1.807, 2.05) is 42.5 Å². The van der Waals surface area contributed by atoms with E-state index in [0.29, 0.717) is 0 Å². The molecule has 2 aromatic carbocycles. The molecule has 0 amide bonds. The van der Waals surface area contributed by atoms with Gasteiger partial charge in [-0.15, -0.1) is 0 Å². The molecule has 3 aromatic rings. The van der Waals surface area contributed by atoms with Crippen molar-refractivity contribution in [2.24, 2.45) is 0 Å². The van der Waals surface area contributed by atoms with Gasteiger partial charge in [0.05, 0.1) is 6.04 Å². The fourth-order valence-corrected chi connectivity index (χ4v) is 2.42. The minimum absolute atomic E-state index is 0.138. The Bertz CT molecular complexity index is 687. The van der Waals surface area contributed by atoms with Crippen LogP contribution in [0.3, 0.4) is 0 Å². The second-order valence-electron chi connectivity index (χ2n) is 4.88. The first-order chi connectivity index (χ1) is 9.74. The number of rotatable bonds is 4. The summed E-state index contributed by atoms with van der Waals surface area (Å²) in [6.07, 6.45) is 0. The summed E-state index contributed by atoms with van der Waals surface area (Å²) < 4.78 is 5.85. The van der Waals surface area contributed by atoms with Crippen LogP contribution in [-0.2, 0) is 6.54 Å². The van der Waals surface area contributed by atoms with E-state index < -0.39 is 0 Å². The predicted molar refractivity (Wildman–Crippen MR) is 82.9 cm³/mol. The lowest BCUT2D eigenvalue weighted by molar-refractivity contribution is 0.451. The summed E-state index contributed by atoms with van der Waals surface area (Å²) in [6.45, 7) is 2.81. The lowest BCUT2D eigenvalue weighted by atomic mass is 10.2. The van der Waals surface area contributed by atoms with Gasteiger partial charge in [0.25, 0.3) is 0 Å². The van der Waals surface area contributed by atoms with E-state index in [1.54, 1.807) is 0 Å². The second-order valence-corrected chi connectivity index (χ2v) is 5.29. The SMILES string of the molecule is CC(NCc1ccccc1Cl)c1cc2ccccc2o1. The average Bonchev–Trinajstić information content (AvgIpc) is 2.90. The fourth-order valence-electron chi connectivity index (χ4n) is 2.22. The average molecular weight is 286 g/mol. The van der Waals surface area contributed by atoms with E-state index in [1.165, 1.54) is 0 Å². The molecular weight excluding hydrogens is 270 g/mol. The zero-order chi connectivity index (χ0) is 13.9. The highest BCUT2D eigenvalue weighted by Gasteiger charge is 2.11. The maximum absolute atomic E-state index is 6.15. The Hall–Kier alpha value is -1.77. The lowest BCUT2D eigenvalue weighted by Crippen LogP contribution is -2.17. The Morgan fingerprint density at radius 2 is 1.85 bits per heavy atom. The van der Waals surface area contributed by atoms with Gasteiger partial charge in [-0.25, -0.2) is 0 Å². The maximum Gasteiger partial charge on any atom is 0.134 e. The van der Waals surface area contributed by atoms with Crippen LogP contribution < -0.4 is 5.32 Å². The topological polar surface area (TPSA) is 25.2 Å². The van der Waals surface area contributed by atoms with Crippen molar-refractivity contribution in [1.29, 1.82) is 0 Å². The third-order valence-electron chi connectivity index (χ3n) is 3.43. The molecule has 0 aliphatic rings. The second kappa shape index (κ2) is 5.70. The minimum atomic E-state index is 0.138. The van der Waals surface area contributed by atoms with Gasteiger partial charge in [-0.05, 0) is 30.7 Å². The zero-order valence-corrected chi connectivity index (χ0v) is 12.0. The Kier molecular flexibility index (Phi) is 3.77. The molecule has 1 N–H and O–H groups in total. The molecule has 1 unspecified atom stereocenters. The van der Waals surface area contributed by atoms with Crippen molar-refractivity contribution >= 4 is 22.6 Å². The van der Waals surface area contributed by atoms with Gasteiger partial charge in [-0.1, -0.05) is 48.0 Å². The van der Waals surface area contributed by atoms with E-state index in [-0.39, 0.29) is 6.04 Å². The van der Waals surface area contributed by atoms with Gasteiger partial charge in [0.2, 0.25) is 0 Å². The molecule has 1 heterocycles. The summed E-state index contributed by atoms with van der Waals surface area (Å²) >= 11 is 6.15. The monoisotopic (exact) mass is 285 g/mol. The standard InChI is InChI=1S/C17H16ClNO/c1-12(19-11-14-7-2-4-8-15(14)18)17-10-13-6-3-5-9-16(13)20-17/h2-10,12,19H,11H2,1H3. The van der Waals surface area contributed by atoms with Crippen LogP contribution in [0.2, 0.25) is 5.02 Å². The van der Waals surface area contributed by atoms with Gasteiger partial charge in [0, 0.05) is 17.0 Å². The molecule has 3 heteroatoms. The van der Waals surface area contributed by atoms with Crippen molar-refractivity contribution < 1.29 is 4.42 Å². The molecule has 0 spiro atoms. The molecule has 1 aromatic heterocycles. The number of hydrogen-bond acceptors (Lipinski definition) is 2. The van der Waals surface area contributed by atoms with Crippen LogP contribution in [0.4, 0.5) is 0 Å². The summed E-state index contributed by atoms with van der Waals surface area (Å²) in [5.41, 5.74) is 2.02. The number of halogens is 1. The highest BCUT2D eigenvalue weighted by atomic mass is 35.5. The van der Waals surface area contributed by atoms with Gasteiger partial charge >= 0.3 is 0 Å². The van der Waals surface area contributed by atoms with E-state index >= 15 is 0 Å².